The first kappa shape index (κ1) is 20.6. The lowest BCUT2D eigenvalue weighted by Gasteiger charge is -2.16. The van der Waals surface area contributed by atoms with Crippen LogP contribution in [-0.2, 0) is 4.74 Å². The van der Waals surface area contributed by atoms with Gasteiger partial charge in [0.1, 0.15) is 0 Å². The van der Waals surface area contributed by atoms with Crippen molar-refractivity contribution in [3.8, 4) is 0 Å². The van der Waals surface area contributed by atoms with Crippen LogP contribution in [0.4, 0.5) is 0 Å². The molecule has 0 rings (SSSR count). The van der Waals surface area contributed by atoms with Crippen LogP contribution in [0, 0.1) is 5.92 Å². The third kappa shape index (κ3) is 15.8. The molecule has 0 bridgehead atoms. The van der Waals surface area contributed by atoms with Crippen molar-refractivity contribution in [1.82, 2.24) is 0 Å². The topological polar surface area (TPSA) is 49.7 Å². The fourth-order valence-corrected chi connectivity index (χ4v) is 2.60. The van der Waals surface area contributed by atoms with Gasteiger partial charge >= 0.3 is 0 Å². The minimum Gasteiger partial charge on any atom is -0.396 e. The highest BCUT2D eigenvalue weighted by molar-refractivity contribution is 4.66. The van der Waals surface area contributed by atoms with E-state index in [1.165, 1.54) is 44.9 Å². The predicted molar refractivity (Wildman–Crippen MR) is 89.5 cm³/mol. The first-order valence-electron chi connectivity index (χ1n) is 8.75. The van der Waals surface area contributed by atoms with E-state index >= 15 is 0 Å². The molecule has 0 saturated heterocycles. The van der Waals surface area contributed by atoms with Crippen LogP contribution in [0.15, 0.2) is 12.7 Å². The Morgan fingerprint density at radius 1 is 0.762 bits per heavy atom. The first-order chi connectivity index (χ1) is 10.3. The molecule has 3 heteroatoms. The van der Waals surface area contributed by atoms with Crippen LogP contribution >= 0.6 is 0 Å². The molecule has 0 aromatic rings. The van der Waals surface area contributed by atoms with Gasteiger partial charge in [-0.3, -0.25) is 0 Å². The number of hydrogen-bond donors (Lipinski definition) is 2. The van der Waals surface area contributed by atoms with Crippen molar-refractivity contribution in [2.24, 2.45) is 5.92 Å². The second kappa shape index (κ2) is 17.7. The van der Waals surface area contributed by atoms with E-state index in [0.717, 1.165) is 32.3 Å². The SMILES string of the molecule is C=CCOCC(CCCCCCO)CCCCCCCO. The number of ether oxygens (including phenoxy) is 1. The number of aliphatic hydroxyl groups excluding tert-OH is 2. The summed E-state index contributed by atoms with van der Waals surface area (Å²) in [7, 11) is 0. The zero-order chi connectivity index (χ0) is 15.6. The molecular weight excluding hydrogens is 264 g/mol. The molecule has 2 N–H and O–H groups in total. The molecule has 0 saturated carbocycles. The average Bonchev–Trinajstić information content (AvgIpc) is 2.50. The third-order valence-electron chi connectivity index (χ3n) is 3.88. The Balaban J connectivity index is 3.66. The Morgan fingerprint density at radius 2 is 1.24 bits per heavy atom. The highest BCUT2D eigenvalue weighted by Crippen LogP contribution is 2.19. The van der Waals surface area contributed by atoms with Gasteiger partial charge in [0.15, 0.2) is 0 Å². The molecule has 1 unspecified atom stereocenters. The van der Waals surface area contributed by atoms with Crippen LogP contribution in [0.2, 0.25) is 0 Å². The lowest BCUT2D eigenvalue weighted by atomic mass is 9.95. The van der Waals surface area contributed by atoms with Crippen molar-refractivity contribution >= 4 is 0 Å². The summed E-state index contributed by atoms with van der Waals surface area (Å²) in [6.45, 7) is 5.83. The van der Waals surface area contributed by atoms with Gasteiger partial charge in [0, 0.05) is 19.8 Å². The Labute approximate surface area is 131 Å². The van der Waals surface area contributed by atoms with E-state index in [1.54, 1.807) is 0 Å². The summed E-state index contributed by atoms with van der Waals surface area (Å²) in [5.74, 6) is 0.664. The van der Waals surface area contributed by atoms with Crippen molar-refractivity contribution in [2.75, 3.05) is 26.4 Å². The summed E-state index contributed by atoms with van der Waals surface area (Å²) >= 11 is 0. The van der Waals surface area contributed by atoms with Gasteiger partial charge in [0.05, 0.1) is 6.61 Å². The Bertz CT molecular complexity index is 207. The van der Waals surface area contributed by atoms with Crippen LogP contribution in [0.5, 0.6) is 0 Å². The van der Waals surface area contributed by atoms with E-state index in [-0.39, 0.29) is 0 Å². The maximum atomic E-state index is 8.78. The maximum Gasteiger partial charge on any atom is 0.0644 e. The summed E-state index contributed by atoms with van der Waals surface area (Å²) in [6, 6.07) is 0. The number of hydrogen-bond acceptors (Lipinski definition) is 3. The molecule has 0 radical (unpaired) electrons. The van der Waals surface area contributed by atoms with Gasteiger partial charge in [-0.1, -0.05) is 51.0 Å². The van der Waals surface area contributed by atoms with E-state index in [4.69, 9.17) is 14.9 Å². The Morgan fingerprint density at radius 3 is 1.71 bits per heavy atom. The molecule has 0 aromatic heterocycles. The normalized spacial score (nSPS) is 12.5. The van der Waals surface area contributed by atoms with Crippen LogP contribution in [0.3, 0.4) is 0 Å². The van der Waals surface area contributed by atoms with E-state index < -0.39 is 0 Å². The van der Waals surface area contributed by atoms with Crippen molar-refractivity contribution in [3.63, 3.8) is 0 Å². The van der Waals surface area contributed by atoms with Gasteiger partial charge < -0.3 is 14.9 Å². The second-order valence-electron chi connectivity index (χ2n) is 5.90. The lowest BCUT2D eigenvalue weighted by Crippen LogP contribution is -2.10. The molecular formula is C18H36O3. The monoisotopic (exact) mass is 300 g/mol. The molecule has 0 aliphatic rings. The van der Waals surface area contributed by atoms with Gasteiger partial charge in [-0.2, -0.15) is 0 Å². The molecule has 1 atom stereocenters. The van der Waals surface area contributed by atoms with Gasteiger partial charge in [0.2, 0.25) is 0 Å². The third-order valence-corrected chi connectivity index (χ3v) is 3.88. The van der Waals surface area contributed by atoms with Crippen LogP contribution < -0.4 is 0 Å². The molecule has 0 amide bonds. The zero-order valence-electron chi connectivity index (χ0n) is 13.8. The number of aliphatic hydroxyl groups is 2. The predicted octanol–water partition coefficient (Wildman–Crippen LogP) is 4.08. The molecule has 0 aliphatic carbocycles. The van der Waals surface area contributed by atoms with Crippen LogP contribution in [-0.4, -0.2) is 36.6 Å². The fourth-order valence-electron chi connectivity index (χ4n) is 2.60. The highest BCUT2D eigenvalue weighted by atomic mass is 16.5. The van der Waals surface area contributed by atoms with Crippen molar-refractivity contribution < 1.29 is 14.9 Å². The molecule has 0 fully saturated rings. The van der Waals surface area contributed by atoms with Crippen molar-refractivity contribution in [1.29, 1.82) is 0 Å². The molecule has 21 heavy (non-hydrogen) atoms. The van der Waals surface area contributed by atoms with Gasteiger partial charge in [-0.15, -0.1) is 6.58 Å². The summed E-state index contributed by atoms with van der Waals surface area (Å²) < 4.78 is 5.63. The molecule has 0 aliphatic heterocycles. The summed E-state index contributed by atoms with van der Waals surface area (Å²) in [5.41, 5.74) is 0. The van der Waals surface area contributed by atoms with Gasteiger partial charge in [0.25, 0.3) is 0 Å². The first-order valence-corrected chi connectivity index (χ1v) is 8.75. The Kier molecular flexibility index (Phi) is 17.4. The second-order valence-corrected chi connectivity index (χ2v) is 5.90. The van der Waals surface area contributed by atoms with Crippen LogP contribution in [0.1, 0.15) is 70.6 Å². The standard InChI is InChI=1S/C18H36O3/c1-2-16-21-17-18(13-9-5-7-11-15-20)12-8-4-3-6-10-14-19/h2,18-20H,1,3-17H2. The fraction of sp³-hybridized carbons (Fsp3) is 0.889. The summed E-state index contributed by atoms with van der Waals surface area (Å²) in [5, 5.41) is 17.5. The largest absolute Gasteiger partial charge is 0.396 e. The molecule has 0 spiro atoms. The maximum absolute atomic E-state index is 8.78. The molecule has 3 nitrogen and oxygen atoms in total. The van der Waals surface area contributed by atoms with Gasteiger partial charge in [-0.25, -0.2) is 0 Å². The van der Waals surface area contributed by atoms with Crippen molar-refractivity contribution in [3.05, 3.63) is 12.7 Å². The minimum absolute atomic E-state index is 0.319. The smallest absolute Gasteiger partial charge is 0.0644 e. The number of unbranched alkanes of at least 4 members (excludes halogenated alkanes) is 7. The summed E-state index contributed by atoms with van der Waals surface area (Å²) in [4.78, 5) is 0. The van der Waals surface area contributed by atoms with E-state index in [0.29, 0.717) is 25.7 Å². The molecule has 0 heterocycles. The lowest BCUT2D eigenvalue weighted by molar-refractivity contribution is 0.112. The minimum atomic E-state index is 0.319. The molecule has 0 aromatic carbocycles. The Hall–Kier alpha value is -0.380. The summed E-state index contributed by atoms with van der Waals surface area (Å²) in [6.07, 6.45) is 14.7. The van der Waals surface area contributed by atoms with Gasteiger partial charge in [-0.05, 0) is 31.6 Å². The van der Waals surface area contributed by atoms with E-state index in [9.17, 15) is 0 Å². The van der Waals surface area contributed by atoms with Crippen LogP contribution in [0.25, 0.3) is 0 Å². The van der Waals surface area contributed by atoms with E-state index in [1.807, 2.05) is 6.08 Å². The molecule has 126 valence electrons. The quantitative estimate of drug-likeness (QED) is 0.314. The van der Waals surface area contributed by atoms with E-state index in [2.05, 4.69) is 6.58 Å². The average molecular weight is 300 g/mol. The number of rotatable bonds is 17. The highest BCUT2D eigenvalue weighted by Gasteiger charge is 2.08. The van der Waals surface area contributed by atoms with Crippen molar-refractivity contribution in [2.45, 2.75) is 70.6 Å². The zero-order valence-corrected chi connectivity index (χ0v) is 13.8.